The number of nitrogens with zero attached hydrogens (tertiary/aromatic N) is 2. The first-order chi connectivity index (χ1) is 13.4. The van der Waals surface area contributed by atoms with E-state index in [0.29, 0.717) is 13.1 Å². The molecule has 1 aromatic carbocycles. The number of sulfonamides is 1. The van der Waals surface area contributed by atoms with Crippen LogP contribution in [-0.2, 0) is 19.6 Å². The Morgan fingerprint density at radius 2 is 1.79 bits per heavy atom. The molecule has 29 heavy (non-hydrogen) atoms. The lowest BCUT2D eigenvalue weighted by molar-refractivity contribution is -0.895. The number of carbonyl (C=O) groups is 2. The van der Waals surface area contributed by atoms with E-state index in [1.807, 2.05) is 20.8 Å². The van der Waals surface area contributed by atoms with Gasteiger partial charge in [-0.1, -0.05) is 12.1 Å². The number of hydrogen-bond donors (Lipinski definition) is 2. The van der Waals surface area contributed by atoms with E-state index < -0.39 is 15.8 Å². The number of piperazine rings is 1. The molecule has 1 aliphatic heterocycles. The Morgan fingerprint density at radius 1 is 1.21 bits per heavy atom. The third-order valence-electron chi connectivity index (χ3n) is 4.61. The number of rotatable bonds is 6. The molecule has 2 amide bonds. The topological polar surface area (TPSA) is 91.2 Å². The molecular weight excluding hydrogens is 399 g/mol. The lowest BCUT2D eigenvalue weighted by Gasteiger charge is -2.32. The molecular formula is C19H30FN4O4S+. The number of nitrogens with one attached hydrogen (secondary N) is 2. The lowest BCUT2D eigenvalue weighted by Crippen LogP contribution is -3.15. The molecule has 10 heteroatoms. The minimum absolute atomic E-state index is 0.0306. The fourth-order valence-corrected chi connectivity index (χ4v) is 4.63. The van der Waals surface area contributed by atoms with Crippen molar-refractivity contribution in [3.8, 4) is 0 Å². The van der Waals surface area contributed by atoms with Crippen molar-refractivity contribution < 1.29 is 27.3 Å². The SMILES string of the molecule is CN(CC(=O)NC(C)(C)C)C(=O)C[NH+]1CCN(S(=O)(=O)c2ccccc2F)CC1. The molecule has 1 heterocycles. The van der Waals surface area contributed by atoms with Crippen LogP contribution < -0.4 is 10.2 Å². The first-order valence-electron chi connectivity index (χ1n) is 9.53. The second-order valence-corrected chi connectivity index (χ2v) is 10.2. The van der Waals surface area contributed by atoms with E-state index in [0.717, 1.165) is 11.0 Å². The Bertz CT molecular complexity index is 846. The average molecular weight is 430 g/mol. The van der Waals surface area contributed by atoms with Crippen LogP contribution in [0, 0.1) is 5.82 Å². The van der Waals surface area contributed by atoms with Crippen molar-refractivity contribution in [1.82, 2.24) is 14.5 Å². The molecule has 1 aromatic rings. The van der Waals surface area contributed by atoms with Crippen LogP contribution in [0.1, 0.15) is 20.8 Å². The molecule has 8 nitrogen and oxygen atoms in total. The van der Waals surface area contributed by atoms with Crippen molar-refractivity contribution in [2.75, 3.05) is 46.3 Å². The van der Waals surface area contributed by atoms with Gasteiger partial charge in [-0.05, 0) is 32.9 Å². The number of halogens is 1. The summed E-state index contributed by atoms with van der Waals surface area (Å²) in [5.74, 6) is -1.19. The highest BCUT2D eigenvalue weighted by Gasteiger charge is 2.33. The van der Waals surface area contributed by atoms with Gasteiger partial charge in [-0.3, -0.25) is 9.59 Å². The van der Waals surface area contributed by atoms with Crippen LogP contribution >= 0.6 is 0 Å². The number of likely N-dealkylation sites (N-methyl/N-ethyl adjacent to an activating group) is 1. The molecule has 1 aliphatic rings. The molecule has 1 saturated heterocycles. The second kappa shape index (κ2) is 9.19. The fraction of sp³-hybridized carbons (Fsp3) is 0.579. The monoisotopic (exact) mass is 429 g/mol. The Morgan fingerprint density at radius 3 is 2.34 bits per heavy atom. The highest BCUT2D eigenvalue weighted by Crippen LogP contribution is 2.18. The maximum Gasteiger partial charge on any atom is 0.277 e. The molecule has 1 fully saturated rings. The van der Waals surface area contributed by atoms with Crippen LogP contribution in [-0.4, -0.2) is 81.3 Å². The number of carbonyl (C=O) groups excluding carboxylic acids is 2. The highest BCUT2D eigenvalue weighted by atomic mass is 32.2. The molecule has 0 aliphatic carbocycles. The summed E-state index contributed by atoms with van der Waals surface area (Å²) in [7, 11) is -2.33. The predicted octanol–water partition coefficient (Wildman–Crippen LogP) is -0.912. The van der Waals surface area contributed by atoms with Gasteiger partial charge >= 0.3 is 0 Å². The molecule has 0 atom stereocenters. The van der Waals surface area contributed by atoms with Crippen LogP contribution in [0.15, 0.2) is 29.2 Å². The summed E-state index contributed by atoms with van der Waals surface area (Å²) in [6.45, 7) is 7.01. The van der Waals surface area contributed by atoms with Gasteiger partial charge in [-0.25, -0.2) is 12.8 Å². The minimum atomic E-state index is -3.90. The second-order valence-electron chi connectivity index (χ2n) is 8.31. The zero-order chi connectivity index (χ0) is 21.8. The van der Waals surface area contributed by atoms with E-state index in [1.165, 1.54) is 27.4 Å². The van der Waals surface area contributed by atoms with Gasteiger partial charge in [0.1, 0.15) is 10.7 Å². The standard InChI is InChI=1S/C19H29FN4O4S/c1-19(2,3)21-17(25)13-22(4)18(26)14-23-9-11-24(12-10-23)29(27,28)16-8-6-5-7-15(16)20/h5-8H,9-14H2,1-4H3,(H,21,25)/p+1. The van der Waals surface area contributed by atoms with Gasteiger partial charge in [-0.2, -0.15) is 4.31 Å². The van der Waals surface area contributed by atoms with Crippen LogP contribution in [0.3, 0.4) is 0 Å². The Hall–Kier alpha value is -2.04. The number of benzene rings is 1. The molecule has 2 rings (SSSR count). The highest BCUT2D eigenvalue weighted by molar-refractivity contribution is 7.89. The van der Waals surface area contributed by atoms with E-state index >= 15 is 0 Å². The molecule has 0 saturated carbocycles. The van der Waals surface area contributed by atoms with Crippen molar-refractivity contribution in [1.29, 1.82) is 0 Å². The zero-order valence-electron chi connectivity index (χ0n) is 17.4. The first-order valence-corrected chi connectivity index (χ1v) is 11.0. The van der Waals surface area contributed by atoms with Crippen molar-refractivity contribution >= 4 is 21.8 Å². The summed E-state index contributed by atoms with van der Waals surface area (Å²) in [6.07, 6.45) is 0. The molecule has 0 unspecified atom stereocenters. The third-order valence-corrected chi connectivity index (χ3v) is 6.54. The van der Waals surface area contributed by atoms with E-state index in [-0.39, 0.29) is 48.4 Å². The fourth-order valence-electron chi connectivity index (χ4n) is 3.12. The molecule has 0 spiro atoms. The maximum atomic E-state index is 13.9. The summed E-state index contributed by atoms with van der Waals surface area (Å²) < 4.78 is 40.4. The van der Waals surface area contributed by atoms with Gasteiger partial charge < -0.3 is 15.1 Å². The van der Waals surface area contributed by atoms with E-state index in [1.54, 1.807) is 7.05 Å². The Balaban J connectivity index is 1.87. The summed E-state index contributed by atoms with van der Waals surface area (Å²) in [5.41, 5.74) is -0.369. The quantitative estimate of drug-likeness (QED) is 0.613. The maximum absolute atomic E-state index is 13.9. The molecule has 0 aromatic heterocycles. The van der Waals surface area contributed by atoms with E-state index in [2.05, 4.69) is 5.32 Å². The minimum Gasteiger partial charge on any atom is -0.350 e. The van der Waals surface area contributed by atoms with Gasteiger partial charge in [0, 0.05) is 12.6 Å². The molecule has 2 N–H and O–H groups in total. The summed E-state index contributed by atoms with van der Waals surface area (Å²) in [5, 5.41) is 2.81. The Labute approximate surface area is 171 Å². The first kappa shape index (κ1) is 23.2. The van der Waals surface area contributed by atoms with Gasteiger partial charge in [0.25, 0.3) is 5.91 Å². The van der Waals surface area contributed by atoms with Crippen LogP contribution in [0.4, 0.5) is 4.39 Å². The normalized spacial score (nSPS) is 16.4. The van der Waals surface area contributed by atoms with Crippen LogP contribution in [0.5, 0.6) is 0 Å². The molecule has 0 radical (unpaired) electrons. The third kappa shape index (κ3) is 6.48. The van der Waals surface area contributed by atoms with Crippen LogP contribution in [0.2, 0.25) is 0 Å². The Kier molecular flexibility index (Phi) is 7.36. The lowest BCUT2D eigenvalue weighted by atomic mass is 10.1. The smallest absolute Gasteiger partial charge is 0.277 e. The van der Waals surface area contributed by atoms with Gasteiger partial charge in [0.2, 0.25) is 15.9 Å². The van der Waals surface area contributed by atoms with Gasteiger partial charge in [0.05, 0.1) is 32.7 Å². The van der Waals surface area contributed by atoms with Crippen molar-refractivity contribution in [2.45, 2.75) is 31.2 Å². The van der Waals surface area contributed by atoms with Crippen molar-refractivity contribution in [2.24, 2.45) is 0 Å². The average Bonchev–Trinajstić information content (AvgIpc) is 2.60. The van der Waals surface area contributed by atoms with Gasteiger partial charge in [-0.15, -0.1) is 0 Å². The number of amides is 2. The zero-order valence-corrected chi connectivity index (χ0v) is 18.2. The number of quaternary nitrogens is 1. The number of hydrogen-bond acceptors (Lipinski definition) is 4. The van der Waals surface area contributed by atoms with E-state index in [4.69, 9.17) is 0 Å². The predicted molar refractivity (Wildman–Crippen MR) is 106 cm³/mol. The summed E-state index contributed by atoms with van der Waals surface area (Å²) in [4.78, 5) is 26.3. The van der Waals surface area contributed by atoms with E-state index in [9.17, 15) is 22.4 Å². The van der Waals surface area contributed by atoms with Gasteiger partial charge in [0.15, 0.2) is 6.54 Å². The molecule has 0 bridgehead atoms. The van der Waals surface area contributed by atoms with Crippen molar-refractivity contribution in [3.05, 3.63) is 30.1 Å². The molecule has 162 valence electrons. The summed E-state index contributed by atoms with van der Waals surface area (Å²) >= 11 is 0. The van der Waals surface area contributed by atoms with Crippen LogP contribution in [0.25, 0.3) is 0 Å². The van der Waals surface area contributed by atoms with Crippen molar-refractivity contribution in [3.63, 3.8) is 0 Å². The largest absolute Gasteiger partial charge is 0.350 e. The summed E-state index contributed by atoms with van der Waals surface area (Å²) in [6, 6.07) is 5.31.